The summed E-state index contributed by atoms with van der Waals surface area (Å²) < 4.78 is 10.9. The van der Waals surface area contributed by atoms with E-state index < -0.39 is 0 Å². The average molecular weight is 222 g/mol. The van der Waals surface area contributed by atoms with Crippen LogP contribution in [-0.4, -0.2) is 31.3 Å². The molecule has 1 aromatic rings. The molecule has 2 rings (SSSR count). The first-order valence-corrected chi connectivity index (χ1v) is 5.66. The van der Waals surface area contributed by atoms with E-state index in [-0.39, 0.29) is 6.10 Å². The summed E-state index contributed by atoms with van der Waals surface area (Å²) in [6.07, 6.45) is 3.14. The van der Waals surface area contributed by atoms with Crippen LogP contribution in [0.5, 0.6) is 0 Å². The smallest absolute Gasteiger partial charge is 0.0892 e. The zero-order chi connectivity index (χ0) is 11.2. The van der Waals surface area contributed by atoms with E-state index in [9.17, 15) is 0 Å². The maximum atomic E-state index is 5.69. The monoisotopic (exact) mass is 222 g/mol. The van der Waals surface area contributed by atoms with E-state index in [0.717, 1.165) is 31.9 Å². The molecular weight excluding hydrogens is 204 g/mol. The standard InChI is InChI=1S/C12H18N2O2/c1-13-6-10-2-3-11(14-7-10)8-16-12-4-5-15-9-12/h2-3,7,12-13H,4-6,8-9H2,1H3. The van der Waals surface area contributed by atoms with Crippen molar-refractivity contribution in [1.29, 1.82) is 0 Å². The molecule has 88 valence electrons. The third-order valence-electron chi connectivity index (χ3n) is 2.62. The Hall–Kier alpha value is -0.970. The van der Waals surface area contributed by atoms with Crippen LogP contribution in [0.4, 0.5) is 0 Å². The summed E-state index contributed by atoms with van der Waals surface area (Å²) in [6, 6.07) is 4.09. The molecule has 1 N–H and O–H groups in total. The van der Waals surface area contributed by atoms with Crippen LogP contribution in [-0.2, 0) is 22.6 Å². The lowest BCUT2D eigenvalue weighted by atomic mass is 10.2. The van der Waals surface area contributed by atoms with Crippen LogP contribution >= 0.6 is 0 Å². The van der Waals surface area contributed by atoms with Gasteiger partial charge in [-0.05, 0) is 25.1 Å². The molecule has 0 aliphatic carbocycles. The lowest BCUT2D eigenvalue weighted by Crippen LogP contribution is -2.12. The maximum Gasteiger partial charge on any atom is 0.0892 e. The van der Waals surface area contributed by atoms with Gasteiger partial charge in [0.05, 0.1) is 25.0 Å². The van der Waals surface area contributed by atoms with Gasteiger partial charge >= 0.3 is 0 Å². The molecule has 1 aliphatic heterocycles. The van der Waals surface area contributed by atoms with Gasteiger partial charge in [-0.1, -0.05) is 6.07 Å². The second-order valence-corrected chi connectivity index (χ2v) is 3.98. The Labute approximate surface area is 96.0 Å². The number of hydrogen-bond acceptors (Lipinski definition) is 4. The zero-order valence-electron chi connectivity index (χ0n) is 9.61. The van der Waals surface area contributed by atoms with Crippen molar-refractivity contribution < 1.29 is 9.47 Å². The van der Waals surface area contributed by atoms with Crippen molar-refractivity contribution in [3.8, 4) is 0 Å². The summed E-state index contributed by atoms with van der Waals surface area (Å²) in [4.78, 5) is 4.35. The largest absolute Gasteiger partial charge is 0.379 e. The number of ether oxygens (including phenoxy) is 2. The van der Waals surface area contributed by atoms with Gasteiger partial charge in [0.1, 0.15) is 0 Å². The van der Waals surface area contributed by atoms with E-state index in [1.54, 1.807) is 0 Å². The Morgan fingerprint density at radius 2 is 2.50 bits per heavy atom. The molecule has 0 spiro atoms. The van der Waals surface area contributed by atoms with Crippen LogP contribution in [0, 0.1) is 0 Å². The normalized spacial score (nSPS) is 20.2. The van der Waals surface area contributed by atoms with Crippen LogP contribution in [0.25, 0.3) is 0 Å². The highest BCUT2D eigenvalue weighted by Gasteiger charge is 2.15. The van der Waals surface area contributed by atoms with Crippen molar-refractivity contribution in [2.75, 3.05) is 20.3 Å². The van der Waals surface area contributed by atoms with Gasteiger partial charge in [-0.25, -0.2) is 0 Å². The molecule has 1 saturated heterocycles. The van der Waals surface area contributed by atoms with E-state index in [4.69, 9.17) is 9.47 Å². The number of nitrogens with one attached hydrogen (secondary N) is 1. The topological polar surface area (TPSA) is 43.4 Å². The minimum absolute atomic E-state index is 0.249. The predicted octanol–water partition coefficient (Wildman–Crippen LogP) is 1.11. The second kappa shape index (κ2) is 5.94. The highest BCUT2D eigenvalue weighted by atomic mass is 16.5. The van der Waals surface area contributed by atoms with Crippen LogP contribution in [0.15, 0.2) is 18.3 Å². The summed E-state index contributed by atoms with van der Waals surface area (Å²) in [6.45, 7) is 2.97. The zero-order valence-corrected chi connectivity index (χ0v) is 9.61. The molecule has 0 amide bonds. The van der Waals surface area contributed by atoms with Gasteiger partial charge in [-0.3, -0.25) is 4.98 Å². The fourth-order valence-corrected chi connectivity index (χ4v) is 1.70. The third kappa shape index (κ3) is 3.27. The fourth-order valence-electron chi connectivity index (χ4n) is 1.70. The Bertz CT molecular complexity index is 307. The fraction of sp³-hybridized carbons (Fsp3) is 0.583. The van der Waals surface area contributed by atoms with Crippen molar-refractivity contribution in [1.82, 2.24) is 10.3 Å². The lowest BCUT2D eigenvalue weighted by molar-refractivity contribution is 0.0301. The van der Waals surface area contributed by atoms with Crippen LogP contribution in [0.1, 0.15) is 17.7 Å². The number of nitrogens with zero attached hydrogens (tertiary/aromatic N) is 1. The Kier molecular flexibility index (Phi) is 4.27. The number of hydrogen-bond donors (Lipinski definition) is 1. The molecular formula is C12H18N2O2. The average Bonchev–Trinajstić information content (AvgIpc) is 2.82. The predicted molar refractivity (Wildman–Crippen MR) is 61.0 cm³/mol. The van der Waals surface area contributed by atoms with E-state index in [0.29, 0.717) is 6.61 Å². The van der Waals surface area contributed by atoms with Gasteiger partial charge in [-0.15, -0.1) is 0 Å². The molecule has 16 heavy (non-hydrogen) atoms. The van der Waals surface area contributed by atoms with Gasteiger partial charge in [0, 0.05) is 19.3 Å². The first-order valence-electron chi connectivity index (χ1n) is 5.66. The molecule has 4 nitrogen and oxygen atoms in total. The summed E-state index contributed by atoms with van der Waals surface area (Å²) >= 11 is 0. The SMILES string of the molecule is CNCc1ccc(COC2CCOC2)nc1. The Morgan fingerprint density at radius 1 is 1.56 bits per heavy atom. The molecule has 1 unspecified atom stereocenters. The molecule has 0 aromatic carbocycles. The number of aromatic nitrogens is 1. The van der Waals surface area contributed by atoms with Gasteiger partial charge in [0.25, 0.3) is 0 Å². The molecule has 2 heterocycles. The first kappa shape index (κ1) is 11.5. The summed E-state index contributed by atoms with van der Waals surface area (Å²) in [5, 5.41) is 3.09. The highest BCUT2D eigenvalue weighted by Crippen LogP contribution is 2.10. The van der Waals surface area contributed by atoms with Crippen LogP contribution in [0.2, 0.25) is 0 Å². The van der Waals surface area contributed by atoms with Crippen molar-refractivity contribution in [2.24, 2.45) is 0 Å². The van der Waals surface area contributed by atoms with Gasteiger partial charge < -0.3 is 14.8 Å². The van der Waals surface area contributed by atoms with Crippen molar-refractivity contribution in [3.63, 3.8) is 0 Å². The quantitative estimate of drug-likeness (QED) is 0.810. The van der Waals surface area contributed by atoms with Crippen LogP contribution in [0.3, 0.4) is 0 Å². The lowest BCUT2D eigenvalue weighted by Gasteiger charge is -2.09. The van der Waals surface area contributed by atoms with E-state index in [2.05, 4.69) is 16.4 Å². The summed E-state index contributed by atoms with van der Waals surface area (Å²) in [7, 11) is 1.93. The van der Waals surface area contributed by atoms with E-state index in [1.807, 2.05) is 19.3 Å². The minimum atomic E-state index is 0.249. The van der Waals surface area contributed by atoms with Crippen LogP contribution < -0.4 is 5.32 Å². The molecule has 4 heteroatoms. The second-order valence-electron chi connectivity index (χ2n) is 3.98. The van der Waals surface area contributed by atoms with Gasteiger partial charge in [0.2, 0.25) is 0 Å². The van der Waals surface area contributed by atoms with Gasteiger partial charge in [-0.2, -0.15) is 0 Å². The first-order chi connectivity index (χ1) is 7.88. The van der Waals surface area contributed by atoms with E-state index >= 15 is 0 Å². The molecule has 1 atom stereocenters. The van der Waals surface area contributed by atoms with Crippen molar-refractivity contribution in [2.45, 2.75) is 25.7 Å². The third-order valence-corrected chi connectivity index (χ3v) is 2.62. The van der Waals surface area contributed by atoms with Crippen molar-refractivity contribution in [3.05, 3.63) is 29.6 Å². The highest BCUT2D eigenvalue weighted by molar-refractivity contribution is 5.13. The molecule has 0 saturated carbocycles. The molecule has 1 aromatic heterocycles. The molecule has 0 bridgehead atoms. The molecule has 1 fully saturated rings. The molecule has 1 aliphatic rings. The number of rotatable bonds is 5. The van der Waals surface area contributed by atoms with Crippen molar-refractivity contribution >= 4 is 0 Å². The Balaban J connectivity index is 1.80. The maximum absolute atomic E-state index is 5.69. The Morgan fingerprint density at radius 3 is 3.12 bits per heavy atom. The van der Waals surface area contributed by atoms with Gasteiger partial charge in [0.15, 0.2) is 0 Å². The summed E-state index contributed by atoms with van der Waals surface area (Å²) in [5.41, 5.74) is 2.17. The number of pyridine rings is 1. The minimum Gasteiger partial charge on any atom is -0.379 e. The molecule has 0 radical (unpaired) electrons. The summed E-state index contributed by atoms with van der Waals surface area (Å²) in [5.74, 6) is 0. The van der Waals surface area contributed by atoms with E-state index in [1.165, 1.54) is 5.56 Å².